The SMILES string of the molecule is O=C(c1c(F)cccc1F)N1CCC(O)(c2cccnc2F)CC1. The summed E-state index contributed by atoms with van der Waals surface area (Å²) in [7, 11) is 0. The summed E-state index contributed by atoms with van der Waals surface area (Å²) in [6.07, 6.45) is 1.39. The molecule has 0 atom stereocenters. The number of carbonyl (C=O) groups is 1. The number of aromatic nitrogens is 1. The van der Waals surface area contributed by atoms with Crippen LogP contribution in [-0.2, 0) is 5.60 Å². The molecule has 1 aromatic carbocycles. The van der Waals surface area contributed by atoms with Crippen molar-refractivity contribution >= 4 is 5.91 Å². The molecule has 0 bridgehead atoms. The van der Waals surface area contributed by atoms with Crippen LogP contribution in [0.5, 0.6) is 0 Å². The molecule has 0 unspecified atom stereocenters. The van der Waals surface area contributed by atoms with E-state index in [4.69, 9.17) is 0 Å². The number of benzene rings is 1. The first-order valence-electron chi connectivity index (χ1n) is 7.49. The van der Waals surface area contributed by atoms with Gasteiger partial charge in [-0.2, -0.15) is 4.39 Å². The van der Waals surface area contributed by atoms with Crippen molar-refractivity contribution in [1.82, 2.24) is 9.88 Å². The van der Waals surface area contributed by atoms with Crippen LogP contribution in [-0.4, -0.2) is 34.0 Å². The van der Waals surface area contributed by atoms with Crippen LogP contribution in [0.3, 0.4) is 0 Å². The number of rotatable bonds is 2. The zero-order valence-corrected chi connectivity index (χ0v) is 12.7. The molecule has 24 heavy (non-hydrogen) atoms. The van der Waals surface area contributed by atoms with Gasteiger partial charge in [-0.25, -0.2) is 13.8 Å². The molecule has 1 fully saturated rings. The van der Waals surface area contributed by atoms with Crippen molar-refractivity contribution in [1.29, 1.82) is 0 Å². The Hall–Kier alpha value is -2.41. The van der Waals surface area contributed by atoms with Crippen LogP contribution in [0.4, 0.5) is 13.2 Å². The van der Waals surface area contributed by atoms with E-state index in [0.29, 0.717) is 0 Å². The molecular formula is C17H15F3N2O2. The minimum absolute atomic E-state index is 0.0530. The van der Waals surface area contributed by atoms with Gasteiger partial charge < -0.3 is 10.0 Å². The first-order chi connectivity index (χ1) is 11.4. The lowest BCUT2D eigenvalue weighted by Crippen LogP contribution is -2.46. The third kappa shape index (κ3) is 2.87. The molecule has 1 aliphatic heterocycles. The number of likely N-dealkylation sites (tertiary alicyclic amines) is 1. The molecule has 0 aliphatic carbocycles. The van der Waals surface area contributed by atoms with E-state index >= 15 is 0 Å². The van der Waals surface area contributed by atoms with E-state index in [1.54, 1.807) is 0 Å². The molecule has 1 saturated heterocycles. The van der Waals surface area contributed by atoms with Crippen LogP contribution in [0, 0.1) is 17.6 Å². The second-order valence-electron chi connectivity index (χ2n) is 5.76. The summed E-state index contributed by atoms with van der Waals surface area (Å²) in [6.45, 7) is 0.106. The maximum Gasteiger partial charge on any atom is 0.259 e. The zero-order chi connectivity index (χ0) is 17.3. The number of hydrogen-bond donors (Lipinski definition) is 1. The fraction of sp³-hybridized carbons (Fsp3) is 0.294. The van der Waals surface area contributed by atoms with Crippen LogP contribution in [0.1, 0.15) is 28.8 Å². The van der Waals surface area contributed by atoms with Crippen LogP contribution < -0.4 is 0 Å². The summed E-state index contributed by atoms with van der Waals surface area (Å²) in [5.41, 5.74) is -2.01. The molecule has 7 heteroatoms. The molecule has 1 aromatic heterocycles. The van der Waals surface area contributed by atoms with E-state index in [0.717, 1.165) is 12.1 Å². The van der Waals surface area contributed by atoms with Gasteiger partial charge in [0.25, 0.3) is 5.91 Å². The largest absolute Gasteiger partial charge is 0.385 e. The zero-order valence-electron chi connectivity index (χ0n) is 12.7. The van der Waals surface area contributed by atoms with Gasteiger partial charge >= 0.3 is 0 Å². The van der Waals surface area contributed by atoms with Crippen molar-refractivity contribution in [2.24, 2.45) is 0 Å². The molecule has 2 aromatic rings. The molecule has 1 aliphatic rings. The third-order valence-corrected chi connectivity index (χ3v) is 4.31. The summed E-state index contributed by atoms with van der Waals surface area (Å²) >= 11 is 0. The quantitative estimate of drug-likeness (QED) is 0.858. The summed E-state index contributed by atoms with van der Waals surface area (Å²) in [4.78, 5) is 17.1. The van der Waals surface area contributed by atoms with Crippen molar-refractivity contribution in [3.05, 3.63) is 65.2 Å². The van der Waals surface area contributed by atoms with Crippen LogP contribution in [0.2, 0.25) is 0 Å². The maximum absolute atomic E-state index is 13.8. The maximum atomic E-state index is 13.8. The van der Waals surface area contributed by atoms with Gasteiger partial charge in [-0.1, -0.05) is 12.1 Å². The number of carbonyl (C=O) groups excluding carboxylic acids is 1. The van der Waals surface area contributed by atoms with E-state index in [9.17, 15) is 23.1 Å². The highest BCUT2D eigenvalue weighted by Crippen LogP contribution is 2.34. The van der Waals surface area contributed by atoms with E-state index in [2.05, 4.69) is 4.98 Å². The molecule has 3 rings (SSSR count). The molecule has 2 heterocycles. The average Bonchev–Trinajstić information content (AvgIpc) is 2.55. The standard InChI is InChI=1S/C17H15F3N2O2/c18-12-4-1-5-13(19)14(12)16(23)22-9-6-17(24,7-10-22)11-3-2-8-21-15(11)20/h1-5,8,24H,6-7,9-10H2. The number of pyridine rings is 1. The predicted octanol–water partition coefficient (Wildman–Crippen LogP) is 2.62. The lowest BCUT2D eigenvalue weighted by molar-refractivity contribution is -0.0242. The molecule has 0 radical (unpaired) electrons. The Bertz CT molecular complexity index is 754. The van der Waals surface area contributed by atoms with Gasteiger partial charge in [-0.3, -0.25) is 4.79 Å². The highest BCUT2D eigenvalue weighted by Gasteiger charge is 2.38. The molecule has 4 nitrogen and oxygen atoms in total. The van der Waals surface area contributed by atoms with Crippen LogP contribution in [0.15, 0.2) is 36.5 Å². The molecule has 0 saturated carbocycles. The van der Waals surface area contributed by atoms with Gasteiger partial charge in [0.05, 0.1) is 5.60 Å². The summed E-state index contributed by atoms with van der Waals surface area (Å²) in [5, 5.41) is 10.6. The van der Waals surface area contributed by atoms with Crippen molar-refractivity contribution in [2.75, 3.05) is 13.1 Å². The van der Waals surface area contributed by atoms with Gasteiger partial charge in [0.15, 0.2) is 0 Å². The normalized spacial score (nSPS) is 16.9. The Kier molecular flexibility index (Phi) is 4.28. The number of amides is 1. The molecule has 1 N–H and O–H groups in total. The number of aliphatic hydroxyl groups is 1. The fourth-order valence-corrected chi connectivity index (χ4v) is 2.94. The first kappa shape index (κ1) is 16.4. The topological polar surface area (TPSA) is 53.4 Å². The van der Waals surface area contributed by atoms with Gasteiger partial charge in [-0.15, -0.1) is 0 Å². The number of nitrogens with zero attached hydrogens (tertiary/aromatic N) is 2. The lowest BCUT2D eigenvalue weighted by Gasteiger charge is -2.38. The summed E-state index contributed by atoms with van der Waals surface area (Å²) < 4.78 is 41.3. The first-order valence-corrected chi connectivity index (χ1v) is 7.49. The van der Waals surface area contributed by atoms with E-state index in [1.807, 2.05) is 0 Å². The van der Waals surface area contributed by atoms with Crippen molar-refractivity contribution in [2.45, 2.75) is 18.4 Å². The second kappa shape index (κ2) is 6.24. The Morgan fingerprint density at radius 2 is 1.71 bits per heavy atom. The fourth-order valence-electron chi connectivity index (χ4n) is 2.94. The number of halogens is 3. The van der Waals surface area contributed by atoms with E-state index in [-0.39, 0.29) is 31.5 Å². The predicted molar refractivity (Wildman–Crippen MR) is 79.6 cm³/mol. The molecular weight excluding hydrogens is 321 g/mol. The Labute approximate surface area is 136 Å². The lowest BCUT2D eigenvalue weighted by atomic mass is 9.85. The van der Waals surface area contributed by atoms with Crippen molar-refractivity contribution in [3.63, 3.8) is 0 Å². The van der Waals surface area contributed by atoms with Crippen LogP contribution >= 0.6 is 0 Å². The minimum atomic E-state index is -1.46. The highest BCUT2D eigenvalue weighted by atomic mass is 19.1. The Morgan fingerprint density at radius 3 is 2.29 bits per heavy atom. The summed E-state index contributed by atoms with van der Waals surface area (Å²) in [6, 6.07) is 6.17. The molecule has 126 valence electrons. The number of piperidine rings is 1. The minimum Gasteiger partial charge on any atom is -0.385 e. The Morgan fingerprint density at radius 1 is 1.08 bits per heavy atom. The van der Waals surface area contributed by atoms with Gasteiger partial charge in [0.2, 0.25) is 5.95 Å². The molecule has 0 spiro atoms. The van der Waals surface area contributed by atoms with Crippen LogP contribution in [0.25, 0.3) is 0 Å². The van der Waals surface area contributed by atoms with Crippen molar-refractivity contribution in [3.8, 4) is 0 Å². The highest BCUT2D eigenvalue weighted by molar-refractivity contribution is 5.94. The van der Waals surface area contributed by atoms with E-state index < -0.39 is 34.7 Å². The van der Waals surface area contributed by atoms with Gasteiger partial charge in [-0.05, 0) is 31.0 Å². The monoisotopic (exact) mass is 336 g/mol. The summed E-state index contributed by atoms with van der Waals surface area (Å²) in [5.74, 6) is -3.41. The average molecular weight is 336 g/mol. The Balaban J connectivity index is 1.78. The second-order valence-corrected chi connectivity index (χ2v) is 5.76. The smallest absolute Gasteiger partial charge is 0.259 e. The van der Waals surface area contributed by atoms with Gasteiger partial charge in [0, 0.05) is 24.8 Å². The van der Waals surface area contributed by atoms with Crippen molar-refractivity contribution < 1.29 is 23.1 Å². The number of hydrogen-bond acceptors (Lipinski definition) is 3. The van der Waals surface area contributed by atoms with Gasteiger partial charge in [0.1, 0.15) is 17.2 Å². The third-order valence-electron chi connectivity index (χ3n) is 4.31. The van der Waals surface area contributed by atoms with E-state index in [1.165, 1.54) is 29.3 Å². The molecule has 1 amide bonds.